The maximum absolute atomic E-state index is 5.29. The quantitative estimate of drug-likeness (QED) is 0.575. The first kappa shape index (κ1) is 8.66. The molecule has 0 rings (SSSR count). The highest BCUT2D eigenvalue weighted by atomic mass is 16.5. The largest absolute Gasteiger partial charge is 0.377 e. The third-order valence-corrected chi connectivity index (χ3v) is 1.43. The summed E-state index contributed by atoms with van der Waals surface area (Å²) in [5, 5.41) is 0. The minimum Gasteiger partial charge on any atom is -0.377 e. The van der Waals surface area contributed by atoms with E-state index >= 15 is 0 Å². The van der Waals surface area contributed by atoms with Gasteiger partial charge in [0.1, 0.15) is 0 Å². The van der Waals surface area contributed by atoms with E-state index in [1.54, 1.807) is 7.11 Å². The topological polar surface area (TPSA) is 35.2 Å². The minimum atomic E-state index is 0.202. The molecule has 2 heteroatoms. The lowest BCUT2D eigenvalue weighted by Crippen LogP contribution is -2.08. The Bertz CT molecular complexity index is 99.1. The third-order valence-electron chi connectivity index (χ3n) is 1.43. The van der Waals surface area contributed by atoms with Crippen molar-refractivity contribution < 1.29 is 4.74 Å². The third kappa shape index (κ3) is 3.27. The number of methoxy groups -OCH3 is 1. The van der Waals surface area contributed by atoms with Gasteiger partial charge in [-0.3, -0.25) is 0 Å². The van der Waals surface area contributed by atoms with E-state index < -0.39 is 0 Å². The molecule has 0 aromatic heterocycles. The molecular formula is C7H15NO. The van der Waals surface area contributed by atoms with Crippen molar-refractivity contribution in [3.05, 3.63) is 11.6 Å². The van der Waals surface area contributed by atoms with Crippen molar-refractivity contribution in [2.24, 2.45) is 5.73 Å². The van der Waals surface area contributed by atoms with Crippen LogP contribution in [-0.2, 0) is 4.74 Å². The Balaban J connectivity index is 3.70. The van der Waals surface area contributed by atoms with E-state index in [0.717, 1.165) is 0 Å². The summed E-state index contributed by atoms with van der Waals surface area (Å²) in [7, 11) is 1.69. The van der Waals surface area contributed by atoms with Crippen molar-refractivity contribution in [1.29, 1.82) is 0 Å². The van der Waals surface area contributed by atoms with Gasteiger partial charge in [0.2, 0.25) is 0 Å². The molecule has 0 saturated heterocycles. The zero-order valence-electron chi connectivity index (χ0n) is 6.35. The molecule has 0 aromatic rings. The van der Waals surface area contributed by atoms with Crippen molar-refractivity contribution in [1.82, 2.24) is 0 Å². The van der Waals surface area contributed by atoms with Gasteiger partial charge in [-0.1, -0.05) is 6.08 Å². The molecule has 0 bridgehead atoms. The Kier molecular flexibility index (Phi) is 4.36. The average molecular weight is 129 g/mol. The van der Waals surface area contributed by atoms with Gasteiger partial charge < -0.3 is 10.5 Å². The fourth-order valence-corrected chi connectivity index (χ4v) is 0.538. The summed E-state index contributed by atoms with van der Waals surface area (Å²) in [6.07, 6.45) is 2.17. The average Bonchev–Trinajstić information content (AvgIpc) is 1.87. The molecule has 1 atom stereocenters. The number of ether oxygens (including phenoxy) is 1. The van der Waals surface area contributed by atoms with E-state index in [4.69, 9.17) is 10.5 Å². The van der Waals surface area contributed by atoms with Gasteiger partial charge in [-0.05, 0) is 19.4 Å². The van der Waals surface area contributed by atoms with Gasteiger partial charge in [-0.15, -0.1) is 0 Å². The molecule has 0 amide bonds. The van der Waals surface area contributed by atoms with Crippen LogP contribution in [0.4, 0.5) is 0 Å². The number of hydrogen-bond acceptors (Lipinski definition) is 2. The van der Waals surface area contributed by atoms with E-state index in [1.165, 1.54) is 5.57 Å². The zero-order chi connectivity index (χ0) is 7.28. The highest BCUT2D eigenvalue weighted by Gasteiger charge is 1.98. The molecular weight excluding hydrogens is 114 g/mol. The van der Waals surface area contributed by atoms with Gasteiger partial charge in [0, 0.05) is 13.7 Å². The van der Waals surface area contributed by atoms with Crippen molar-refractivity contribution in [3.63, 3.8) is 0 Å². The lowest BCUT2D eigenvalue weighted by Gasteiger charge is -2.08. The lowest BCUT2D eigenvalue weighted by atomic mass is 10.2. The molecule has 0 heterocycles. The molecule has 0 spiro atoms. The summed E-state index contributed by atoms with van der Waals surface area (Å²) >= 11 is 0. The van der Waals surface area contributed by atoms with Gasteiger partial charge in [0.25, 0.3) is 0 Å². The normalized spacial score (nSPS) is 15.8. The van der Waals surface area contributed by atoms with Crippen molar-refractivity contribution in [2.75, 3.05) is 13.7 Å². The molecule has 54 valence electrons. The van der Waals surface area contributed by atoms with Gasteiger partial charge in [0.15, 0.2) is 0 Å². The van der Waals surface area contributed by atoms with Crippen LogP contribution in [0.1, 0.15) is 13.8 Å². The molecule has 2 nitrogen and oxygen atoms in total. The second-order valence-electron chi connectivity index (χ2n) is 2.06. The molecule has 0 fully saturated rings. The summed E-state index contributed by atoms with van der Waals surface area (Å²) in [5.74, 6) is 0. The molecule has 9 heavy (non-hydrogen) atoms. The Morgan fingerprint density at radius 1 is 1.78 bits per heavy atom. The highest BCUT2D eigenvalue weighted by Crippen LogP contribution is 2.01. The van der Waals surface area contributed by atoms with Crippen LogP contribution < -0.4 is 5.73 Å². The second kappa shape index (κ2) is 4.53. The van der Waals surface area contributed by atoms with Crippen LogP contribution in [0.25, 0.3) is 0 Å². The van der Waals surface area contributed by atoms with Crippen molar-refractivity contribution in [2.45, 2.75) is 20.0 Å². The predicted molar refractivity (Wildman–Crippen MR) is 39.3 cm³/mol. The summed E-state index contributed by atoms with van der Waals surface area (Å²) in [6, 6.07) is 0. The zero-order valence-corrected chi connectivity index (χ0v) is 6.35. The van der Waals surface area contributed by atoms with E-state index in [2.05, 4.69) is 0 Å². The van der Waals surface area contributed by atoms with E-state index in [1.807, 2.05) is 19.9 Å². The molecule has 0 aliphatic rings. The number of hydrogen-bond donors (Lipinski definition) is 1. The van der Waals surface area contributed by atoms with Crippen LogP contribution in [0.15, 0.2) is 11.6 Å². The van der Waals surface area contributed by atoms with Crippen LogP contribution in [-0.4, -0.2) is 19.8 Å². The Hall–Kier alpha value is -0.340. The molecule has 1 unspecified atom stereocenters. The number of rotatable bonds is 3. The van der Waals surface area contributed by atoms with Crippen LogP contribution in [0, 0.1) is 0 Å². The molecule has 0 radical (unpaired) electrons. The summed E-state index contributed by atoms with van der Waals surface area (Å²) in [5.41, 5.74) is 6.48. The fourth-order valence-electron chi connectivity index (χ4n) is 0.538. The maximum Gasteiger partial charge on any atom is 0.0750 e. The summed E-state index contributed by atoms with van der Waals surface area (Å²) < 4.78 is 5.04. The molecule has 0 aromatic carbocycles. The Morgan fingerprint density at radius 3 is 2.67 bits per heavy atom. The lowest BCUT2D eigenvalue weighted by molar-refractivity contribution is 0.147. The highest BCUT2D eigenvalue weighted by molar-refractivity contribution is 5.03. The first-order valence-corrected chi connectivity index (χ1v) is 3.12. The van der Waals surface area contributed by atoms with Crippen molar-refractivity contribution >= 4 is 0 Å². The van der Waals surface area contributed by atoms with Gasteiger partial charge >= 0.3 is 0 Å². The minimum absolute atomic E-state index is 0.202. The Labute approximate surface area is 56.7 Å². The van der Waals surface area contributed by atoms with Crippen LogP contribution in [0.2, 0.25) is 0 Å². The first-order valence-electron chi connectivity index (χ1n) is 3.12. The smallest absolute Gasteiger partial charge is 0.0750 e. The monoisotopic (exact) mass is 129 g/mol. The summed E-state index contributed by atoms with van der Waals surface area (Å²) in [4.78, 5) is 0. The first-order chi connectivity index (χ1) is 4.22. The van der Waals surface area contributed by atoms with Crippen LogP contribution in [0.5, 0.6) is 0 Å². The van der Waals surface area contributed by atoms with Crippen LogP contribution in [0.3, 0.4) is 0 Å². The van der Waals surface area contributed by atoms with E-state index in [-0.39, 0.29) is 6.10 Å². The molecule has 0 saturated carbocycles. The molecule has 2 N–H and O–H groups in total. The van der Waals surface area contributed by atoms with Gasteiger partial charge in [-0.25, -0.2) is 0 Å². The van der Waals surface area contributed by atoms with Crippen molar-refractivity contribution in [3.8, 4) is 0 Å². The summed E-state index contributed by atoms with van der Waals surface area (Å²) in [6.45, 7) is 4.61. The maximum atomic E-state index is 5.29. The second-order valence-corrected chi connectivity index (χ2v) is 2.06. The standard InChI is InChI=1S/C7H15NO/c1-6(4-5-8)7(2)9-3/h4,7H,5,8H2,1-3H3/b6-4-. The number of nitrogens with two attached hydrogens (primary N) is 1. The predicted octanol–water partition coefficient (Wildman–Crippen LogP) is 0.926. The van der Waals surface area contributed by atoms with E-state index in [0.29, 0.717) is 6.54 Å². The van der Waals surface area contributed by atoms with Crippen LogP contribution >= 0.6 is 0 Å². The molecule has 0 aliphatic heterocycles. The molecule has 0 aliphatic carbocycles. The SMILES string of the molecule is COC(C)/C(C)=C\CN. The van der Waals surface area contributed by atoms with Gasteiger partial charge in [0.05, 0.1) is 6.10 Å². The Morgan fingerprint density at radius 2 is 2.33 bits per heavy atom. The van der Waals surface area contributed by atoms with Gasteiger partial charge in [-0.2, -0.15) is 0 Å². The fraction of sp³-hybridized carbons (Fsp3) is 0.714. The van der Waals surface area contributed by atoms with E-state index in [9.17, 15) is 0 Å².